The molecule has 1 aromatic carbocycles. The molecular weight excluding hydrogens is 230 g/mol. The van der Waals surface area contributed by atoms with Crippen LogP contribution in [0.2, 0.25) is 0 Å². The van der Waals surface area contributed by atoms with Gasteiger partial charge in [0.05, 0.1) is 10.7 Å². The van der Waals surface area contributed by atoms with E-state index in [1.54, 1.807) is 18.2 Å². The number of rotatable bonds is 3. The van der Waals surface area contributed by atoms with Gasteiger partial charge in [0, 0.05) is 18.0 Å². The number of halogens is 1. The number of urea groups is 1. The predicted molar refractivity (Wildman–Crippen MR) is 58.1 cm³/mol. The number of alkyl halides is 1. The lowest BCUT2D eigenvalue weighted by atomic mass is 10.3. The van der Waals surface area contributed by atoms with E-state index in [1.807, 2.05) is 0 Å². The number of fused-ring (bicyclic) bond motifs is 1. The molecule has 1 aliphatic rings. The van der Waals surface area contributed by atoms with Crippen molar-refractivity contribution in [1.29, 1.82) is 0 Å². The van der Waals surface area contributed by atoms with E-state index in [2.05, 4.69) is 15.3 Å². The zero-order chi connectivity index (χ0) is 11.5. The molecule has 16 heavy (non-hydrogen) atoms. The van der Waals surface area contributed by atoms with Crippen LogP contribution in [-0.2, 0) is 4.79 Å². The molecule has 1 aromatic rings. The number of hydrogen-bond acceptors (Lipinski definition) is 2. The highest BCUT2D eigenvalue weighted by Gasteiger charge is 2.06. The minimum Gasteiger partial charge on any atom is -0.326 e. The molecule has 1 aliphatic heterocycles. The monoisotopic (exact) mass is 237 g/mol. The van der Waals surface area contributed by atoms with Crippen molar-refractivity contribution in [2.24, 2.45) is 9.98 Å². The van der Waals surface area contributed by atoms with E-state index in [-0.39, 0.29) is 18.2 Å². The van der Waals surface area contributed by atoms with E-state index in [0.717, 1.165) is 0 Å². The van der Waals surface area contributed by atoms with Crippen molar-refractivity contribution in [3.05, 3.63) is 28.9 Å². The first-order chi connectivity index (χ1) is 7.69. The van der Waals surface area contributed by atoms with E-state index in [4.69, 9.17) is 11.6 Å². The zero-order valence-corrected chi connectivity index (χ0v) is 8.99. The Labute approximate surface area is 95.9 Å². The van der Waals surface area contributed by atoms with Gasteiger partial charge in [0.15, 0.2) is 0 Å². The van der Waals surface area contributed by atoms with Crippen molar-refractivity contribution in [2.45, 2.75) is 6.42 Å². The van der Waals surface area contributed by atoms with Crippen LogP contribution in [-0.4, -0.2) is 17.8 Å². The van der Waals surface area contributed by atoms with Gasteiger partial charge in [-0.15, -0.1) is 11.6 Å². The number of amides is 3. The molecule has 5 nitrogen and oxygen atoms in total. The van der Waals surface area contributed by atoms with E-state index in [1.165, 1.54) is 0 Å². The molecule has 0 unspecified atom stereocenters. The number of benzene rings is 1. The van der Waals surface area contributed by atoms with Gasteiger partial charge in [0.2, 0.25) is 5.91 Å². The molecule has 2 rings (SSSR count). The van der Waals surface area contributed by atoms with Gasteiger partial charge in [-0.25, -0.2) is 4.79 Å². The molecule has 0 fully saturated rings. The molecule has 0 aromatic heterocycles. The van der Waals surface area contributed by atoms with Gasteiger partial charge in [-0.2, -0.15) is 9.98 Å². The van der Waals surface area contributed by atoms with Gasteiger partial charge in [-0.1, -0.05) is 0 Å². The lowest BCUT2D eigenvalue weighted by Gasteiger charge is -2.02. The Hall–Kier alpha value is -1.75. The third kappa shape index (κ3) is 2.25. The van der Waals surface area contributed by atoms with Gasteiger partial charge >= 0.3 is 6.03 Å². The van der Waals surface area contributed by atoms with E-state index >= 15 is 0 Å². The second-order valence-electron chi connectivity index (χ2n) is 3.20. The number of carbonyl (C=O) groups is 2. The number of nitrogens with zero attached hydrogens (tertiary/aromatic N) is 2. The fourth-order valence-corrected chi connectivity index (χ4v) is 1.50. The SMILES string of the molecule is O=C1N=c2ccc(NC(=O)CCCl)cc2=N1. The Morgan fingerprint density at radius 2 is 2.06 bits per heavy atom. The van der Waals surface area contributed by atoms with Crippen molar-refractivity contribution < 1.29 is 9.59 Å². The first kappa shape index (κ1) is 10.8. The third-order valence-electron chi connectivity index (χ3n) is 2.01. The Morgan fingerprint density at radius 3 is 2.81 bits per heavy atom. The zero-order valence-electron chi connectivity index (χ0n) is 8.24. The number of carbonyl (C=O) groups excluding carboxylic acids is 2. The number of anilines is 1. The number of hydrogen-bond donors (Lipinski definition) is 1. The van der Waals surface area contributed by atoms with Crippen molar-refractivity contribution in [3.63, 3.8) is 0 Å². The van der Waals surface area contributed by atoms with E-state index < -0.39 is 6.03 Å². The molecule has 0 radical (unpaired) electrons. The Balaban J connectivity index is 2.24. The molecule has 0 spiro atoms. The van der Waals surface area contributed by atoms with Crippen LogP contribution >= 0.6 is 11.6 Å². The number of nitrogens with one attached hydrogen (secondary N) is 1. The Kier molecular flexibility index (Phi) is 2.96. The average molecular weight is 238 g/mol. The molecule has 0 aliphatic carbocycles. The minimum atomic E-state index is -0.515. The van der Waals surface area contributed by atoms with Crippen LogP contribution in [0.4, 0.5) is 10.5 Å². The molecule has 82 valence electrons. The predicted octanol–water partition coefficient (Wildman–Crippen LogP) is 0.627. The molecule has 0 atom stereocenters. The van der Waals surface area contributed by atoms with Gasteiger partial charge in [0.25, 0.3) is 0 Å². The van der Waals surface area contributed by atoms with Crippen molar-refractivity contribution in [1.82, 2.24) is 0 Å². The smallest absolute Gasteiger partial charge is 0.326 e. The summed E-state index contributed by atoms with van der Waals surface area (Å²) in [5.74, 6) is 0.103. The first-order valence-corrected chi connectivity index (χ1v) is 5.20. The fourth-order valence-electron chi connectivity index (χ4n) is 1.33. The Morgan fingerprint density at radius 1 is 1.31 bits per heavy atom. The summed E-state index contributed by atoms with van der Waals surface area (Å²) in [6.45, 7) is 0. The lowest BCUT2D eigenvalue weighted by Crippen LogP contribution is -2.22. The second-order valence-corrected chi connectivity index (χ2v) is 3.57. The summed E-state index contributed by atoms with van der Waals surface area (Å²) in [5, 5.41) is 3.66. The van der Waals surface area contributed by atoms with Crippen LogP contribution in [0.3, 0.4) is 0 Å². The quantitative estimate of drug-likeness (QED) is 0.783. The molecule has 3 amide bonds. The van der Waals surface area contributed by atoms with Crippen LogP contribution < -0.4 is 16.0 Å². The fraction of sp³-hybridized carbons (Fsp3) is 0.200. The molecule has 0 saturated carbocycles. The highest BCUT2D eigenvalue weighted by atomic mass is 35.5. The summed E-state index contributed by atoms with van der Waals surface area (Å²) in [5.41, 5.74) is 0.586. The Bertz CT molecular complexity index is 568. The maximum absolute atomic E-state index is 11.3. The van der Waals surface area contributed by atoms with E-state index in [9.17, 15) is 9.59 Å². The summed E-state index contributed by atoms with van der Waals surface area (Å²) >= 11 is 5.44. The highest BCUT2D eigenvalue weighted by Crippen LogP contribution is 2.02. The maximum Gasteiger partial charge on any atom is 0.368 e. The summed E-state index contributed by atoms with van der Waals surface area (Å²) < 4.78 is 0. The van der Waals surface area contributed by atoms with Gasteiger partial charge in [-0.05, 0) is 18.2 Å². The largest absolute Gasteiger partial charge is 0.368 e. The molecule has 1 heterocycles. The van der Waals surface area contributed by atoms with Crippen molar-refractivity contribution in [2.75, 3.05) is 11.2 Å². The topological polar surface area (TPSA) is 70.9 Å². The van der Waals surface area contributed by atoms with Crippen LogP contribution in [0.15, 0.2) is 28.2 Å². The lowest BCUT2D eigenvalue weighted by molar-refractivity contribution is -0.115. The second kappa shape index (κ2) is 4.40. The van der Waals surface area contributed by atoms with Crippen LogP contribution in [0.1, 0.15) is 6.42 Å². The average Bonchev–Trinajstić information content (AvgIpc) is 2.57. The standard InChI is InChI=1S/C10H8ClN3O2/c11-4-3-9(15)12-6-1-2-7-8(5-6)14-10(16)13-7/h1-2,5H,3-4H2,(H,12,15). The van der Waals surface area contributed by atoms with Crippen molar-refractivity contribution >= 4 is 29.2 Å². The summed E-state index contributed by atoms with van der Waals surface area (Å²) in [4.78, 5) is 29.5. The minimum absolute atomic E-state index is 0.170. The maximum atomic E-state index is 11.3. The molecule has 0 bridgehead atoms. The molecule has 1 N–H and O–H groups in total. The highest BCUT2D eigenvalue weighted by molar-refractivity contribution is 6.19. The summed E-state index contributed by atoms with van der Waals surface area (Å²) in [7, 11) is 0. The molecule has 6 heteroatoms. The van der Waals surface area contributed by atoms with Gasteiger partial charge in [0.1, 0.15) is 0 Å². The summed E-state index contributed by atoms with van der Waals surface area (Å²) in [6.07, 6.45) is 0.249. The van der Waals surface area contributed by atoms with Crippen LogP contribution in [0.25, 0.3) is 0 Å². The van der Waals surface area contributed by atoms with Gasteiger partial charge < -0.3 is 5.32 Å². The molecule has 0 saturated heterocycles. The molecular formula is C10H8ClN3O2. The third-order valence-corrected chi connectivity index (χ3v) is 2.20. The summed E-state index contributed by atoms with van der Waals surface area (Å²) in [6, 6.07) is 4.40. The van der Waals surface area contributed by atoms with Crippen LogP contribution in [0.5, 0.6) is 0 Å². The van der Waals surface area contributed by atoms with E-state index in [0.29, 0.717) is 16.4 Å². The normalized spacial score (nSPS) is 12.7. The van der Waals surface area contributed by atoms with Gasteiger partial charge in [-0.3, -0.25) is 4.79 Å². The first-order valence-electron chi connectivity index (χ1n) is 4.66. The van der Waals surface area contributed by atoms with Crippen molar-refractivity contribution in [3.8, 4) is 0 Å². The van der Waals surface area contributed by atoms with Crippen LogP contribution in [0, 0.1) is 0 Å².